The Bertz CT molecular complexity index is 602. The number of nitrogens with two attached hydrogens (primary N) is 1. The Morgan fingerprint density at radius 2 is 2.20 bits per heavy atom. The van der Waals surface area contributed by atoms with Gasteiger partial charge in [0.15, 0.2) is 5.89 Å². The Morgan fingerprint density at radius 3 is 2.75 bits per heavy atom. The second-order valence-corrected chi connectivity index (χ2v) is 4.45. The first-order valence-corrected chi connectivity index (χ1v) is 6.30. The number of benzene rings is 1. The van der Waals surface area contributed by atoms with Gasteiger partial charge in [-0.3, -0.25) is 4.79 Å². The molecule has 2 rings (SSSR count). The van der Waals surface area contributed by atoms with Crippen LogP contribution in [0.25, 0.3) is 11.3 Å². The lowest BCUT2D eigenvalue weighted by molar-refractivity contribution is -0.117. The zero-order valence-electron chi connectivity index (χ0n) is 11.3. The third-order valence-corrected chi connectivity index (χ3v) is 2.82. The summed E-state index contributed by atoms with van der Waals surface area (Å²) in [6, 6.07) is 6.76. The fraction of sp³-hybridized carbons (Fsp3) is 0.200. The first kappa shape index (κ1) is 14.0. The van der Waals surface area contributed by atoms with Crippen molar-refractivity contribution >= 4 is 11.6 Å². The van der Waals surface area contributed by atoms with Crippen LogP contribution < -0.4 is 11.1 Å². The van der Waals surface area contributed by atoms with E-state index in [0.717, 1.165) is 11.3 Å². The average molecular weight is 271 g/mol. The van der Waals surface area contributed by atoms with E-state index in [-0.39, 0.29) is 5.91 Å². The van der Waals surface area contributed by atoms with Crippen molar-refractivity contribution in [1.82, 2.24) is 4.98 Å². The van der Waals surface area contributed by atoms with Crippen LogP contribution in [-0.4, -0.2) is 16.9 Å². The molecule has 0 saturated carbocycles. The molecule has 0 aliphatic heterocycles. The lowest BCUT2D eigenvalue weighted by atomic mass is 10.1. The van der Waals surface area contributed by atoms with E-state index in [1.807, 2.05) is 12.1 Å². The van der Waals surface area contributed by atoms with Crippen LogP contribution >= 0.6 is 0 Å². The SMILES string of the molecule is C=CCC(N)C(=O)Nc1ccc(-c2coc(C)n2)cc1. The van der Waals surface area contributed by atoms with Crippen LogP contribution in [0.1, 0.15) is 12.3 Å². The van der Waals surface area contributed by atoms with Crippen molar-refractivity contribution in [2.45, 2.75) is 19.4 Å². The van der Waals surface area contributed by atoms with Gasteiger partial charge >= 0.3 is 0 Å². The van der Waals surface area contributed by atoms with Gasteiger partial charge in [-0.1, -0.05) is 18.2 Å². The smallest absolute Gasteiger partial charge is 0.241 e. The predicted molar refractivity (Wildman–Crippen MR) is 78.1 cm³/mol. The number of aromatic nitrogens is 1. The first-order valence-electron chi connectivity index (χ1n) is 6.30. The molecule has 0 saturated heterocycles. The number of carbonyl (C=O) groups is 1. The van der Waals surface area contributed by atoms with Gasteiger partial charge in [0.25, 0.3) is 0 Å². The molecule has 1 aromatic carbocycles. The lowest BCUT2D eigenvalue weighted by Crippen LogP contribution is -2.35. The monoisotopic (exact) mass is 271 g/mol. The van der Waals surface area contributed by atoms with Gasteiger partial charge in [-0.25, -0.2) is 4.98 Å². The minimum atomic E-state index is -0.578. The van der Waals surface area contributed by atoms with Crippen LogP contribution in [0.5, 0.6) is 0 Å². The van der Waals surface area contributed by atoms with E-state index in [9.17, 15) is 4.79 Å². The van der Waals surface area contributed by atoms with Crippen LogP contribution in [0, 0.1) is 6.92 Å². The van der Waals surface area contributed by atoms with Crippen LogP contribution in [0.2, 0.25) is 0 Å². The maximum atomic E-state index is 11.7. The van der Waals surface area contributed by atoms with Gasteiger partial charge in [-0.2, -0.15) is 0 Å². The number of hydrogen-bond acceptors (Lipinski definition) is 4. The van der Waals surface area contributed by atoms with Gasteiger partial charge in [-0.15, -0.1) is 6.58 Å². The largest absolute Gasteiger partial charge is 0.449 e. The second kappa shape index (κ2) is 6.16. The van der Waals surface area contributed by atoms with E-state index in [2.05, 4.69) is 16.9 Å². The number of nitrogens with zero attached hydrogens (tertiary/aromatic N) is 1. The van der Waals surface area contributed by atoms with Crippen LogP contribution in [-0.2, 0) is 4.79 Å². The summed E-state index contributed by atoms with van der Waals surface area (Å²) in [6.45, 7) is 5.35. The zero-order valence-corrected chi connectivity index (χ0v) is 11.3. The first-order chi connectivity index (χ1) is 9.60. The highest BCUT2D eigenvalue weighted by Gasteiger charge is 2.11. The number of nitrogens with one attached hydrogen (secondary N) is 1. The number of oxazole rings is 1. The van der Waals surface area contributed by atoms with E-state index in [1.165, 1.54) is 0 Å². The van der Waals surface area contributed by atoms with Crippen molar-refractivity contribution in [2.75, 3.05) is 5.32 Å². The standard InChI is InChI=1S/C15H17N3O2/c1-3-4-13(16)15(19)18-12-7-5-11(6-8-12)14-9-20-10(2)17-14/h3,5-9,13H,1,4,16H2,2H3,(H,18,19). The Labute approximate surface area is 117 Å². The molecule has 0 fully saturated rings. The Kier molecular flexibility index (Phi) is 4.32. The molecule has 104 valence electrons. The van der Waals surface area contributed by atoms with Gasteiger partial charge in [0.2, 0.25) is 5.91 Å². The maximum Gasteiger partial charge on any atom is 0.241 e. The number of amides is 1. The Balaban J connectivity index is 2.05. The van der Waals surface area contributed by atoms with Crippen molar-refractivity contribution < 1.29 is 9.21 Å². The van der Waals surface area contributed by atoms with Crippen molar-refractivity contribution in [3.8, 4) is 11.3 Å². The maximum absolute atomic E-state index is 11.7. The highest BCUT2D eigenvalue weighted by Crippen LogP contribution is 2.20. The minimum Gasteiger partial charge on any atom is -0.449 e. The van der Waals surface area contributed by atoms with Gasteiger partial charge < -0.3 is 15.5 Å². The Morgan fingerprint density at radius 1 is 1.50 bits per heavy atom. The summed E-state index contributed by atoms with van der Waals surface area (Å²) in [5, 5.41) is 2.75. The molecular weight excluding hydrogens is 254 g/mol. The van der Waals surface area contributed by atoms with Gasteiger partial charge in [0.1, 0.15) is 12.0 Å². The molecule has 1 heterocycles. The lowest BCUT2D eigenvalue weighted by Gasteiger charge is -2.10. The molecular formula is C15H17N3O2. The molecule has 5 heteroatoms. The summed E-state index contributed by atoms with van der Waals surface area (Å²) in [6.07, 6.45) is 3.67. The number of hydrogen-bond donors (Lipinski definition) is 2. The third-order valence-electron chi connectivity index (χ3n) is 2.82. The van der Waals surface area contributed by atoms with Gasteiger partial charge in [-0.05, 0) is 18.6 Å². The molecule has 1 atom stereocenters. The number of anilines is 1. The van der Waals surface area contributed by atoms with Crippen LogP contribution in [0.3, 0.4) is 0 Å². The van der Waals surface area contributed by atoms with E-state index < -0.39 is 6.04 Å². The molecule has 5 nitrogen and oxygen atoms in total. The van der Waals surface area contributed by atoms with E-state index in [4.69, 9.17) is 10.2 Å². The minimum absolute atomic E-state index is 0.227. The van der Waals surface area contributed by atoms with Crippen LogP contribution in [0.4, 0.5) is 5.69 Å². The number of rotatable bonds is 5. The summed E-state index contributed by atoms with van der Waals surface area (Å²) < 4.78 is 5.17. The molecule has 1 aromatic heterocycles. The van der Waals surface area contributed by atoms with Gasteiger partial charge in [0, 0.05) is 18.2 Å². The quantitative estimate of drug-likeness (QED) is 0.819. The fourth-order valence-electron chi connectivity index (χ4n) is 1.74. The predicted octanol–water partition coefficient (Wildman–Crippen LogP) is 2.49. The molecule has 3 N–H and O–H groups in total. The topological polar surface area (TPSA) is 81.2 Å². The van der Waals surface area contributed by atoms with Gasteiger partial charge in [0.05, 0.1) is 6.04 Å². The van der Waals surface area contributed by atoms with Crippen LogP contribution in [0.15, 0.2) is 47.6 Å². The van der Waals surface area contributed by atoms with E-state index >= 15 is 0 Å². The summed E-state index contributed by atoms with van der Waals surface area (Å²) in [5.41, 5.74) is 8.08. The van der Waals surface area contributed by atoms with Crippen molar-refractivity contribution in [3.63, 3.8) is 0 Å². The fourth-order valence-corrected chi connectivity index (χ4v) is 1.74. The molecule has 0 spiro atoms. The summed E-state index contributed by atoms with van der Waals surface area (Å²) in [5.74, 6) is 0.391. The normalized spacial score (nSPS) is 11.9. The van der Waals surface area contributed by atoms with E-state index in [0.29, 0.717) is 18.0 Å². The highest BCUT2D eigenvalue weighted by atomic mass is 16.3. The Hall–Kier alpha value is -2.40. The number of carbonyl (C=O) groups excluding carboxylic acids is 1. The highest BCUT2D eigenvalue weighted by molar-refractivity contribution is 5.94. The molecule has 2 aromatic rings. The average Bonchev–Trinajstić information content (AvgIpc) is 2.86. The summed E-state index contributed by atoms with van der Waals surface area (Å²) >= 11 is 0. The third kappa shape index (κ3) is 3.33. The summed E-state index contributed by atoms with van der Waals surface area (Å²) in [4.78, 5) is 16.0. The van der Waals surface area contributed by atoms with Crippen molar-refractivity contribution in [3.05, 3.63) is 49.1 Å². The molecule has 0 aliphatic rings. The molecule has 1 amide bonds. The second-order valence-electron chi connectivity index (χ2n) is 4.45. The molecule has 20 heavy (non-hydrogen) atoms. The zero-order chi connectivity index (χ0) is 14.5. The molecule has 0 bridgehead atoms. The molecule has 0 aliphatic carbocycles. The van der Waals surface area contributed by atoms with Crippen molar-refractivity contribution in [1.29, 1.82) is 0 Å². The molecule has 1 unspecified atom stereocenters. The van der Waals surface area contributed by atoms with Crippen molar-refractivity contribution in [2.24, 2.45) is 5.73 Å². The number of aryl methyl sites for hydroxylation is 1. The summed E-state index contributed by atoms with van der Waals surface area (Å²) in [7, 11) is 0. The van der Waals surface area contributed by atoms with E-state index in [1.54, 1.807) is 31.4 Å². The molecule has 0 radical (unpaired) electrons.